The lowest BCUT2D eigenvalue weighted by Gasteiger charge is -2.32. The summed E-state index contributed by atoms with van der Waals surface area (Å²) < 4.78 is 29.1. The average molecular weight is 379 g/mol. The normalized spacial score (nSPS) is 17.1. The van der Waals surface area contributed by atoms with E-state index in [9.17, 15) is 8.42 Å². The fraction of sp³-hybridized carbons (Fsp3) is 0.588. The first kappa shape index (κ1) is 18.9. The van der Waals surface area contributed by atoms with Gasteiger partial charge in [0.05, 0.1) is 11.4 Å². The predicted octanol–water partition coefficient (Wildman–Crippen LogP) is 1.25. The minimum absolute atomic E-state index is 0.393. The van der Waals surface area contributed by atoms with Crippen LogP contribution in [0.3, 0.4) is 0 Å². The molecule has 3 heterocycles. The van der Waals surface area contributed by atoms with Gasteiger partial charge in [-0.1, -0.05) is 0 Å². The first-order chi connectivity index (χ1) is 12.3. The van der Waals surface area contributed by atoms with Crippen LogP contribution in [-0.4, -0.2) is 64.0 Å². The van der Waals surface area contributed by atoms with E-state index in [4.69, 9.17) is 4.98 Å². The van der Waals surface area contributed by atoms with Crippen molar-refractivity contribution in [3.8, 4) is 11.4 Å². The molecule has 2 aromatic rings. The molecule has 0 aromatic carbocycles. The number of hydrogen-bond acceptors (Lipinski definition) is 5. The van der Waals surface area contributed by atoms with Crippen LogP contribution in [0.5, 0.6) is 0 Å². The van der Waals surface area contributed by atoms with E-state index in [0.29, 0.717) is 19.0 Å². The van der Waals surface area contributed by atoms with Gasteiger partial charge in [-0.05, 0) is 37.8 Å². The molecule has 0 amide bonds. The summed E-state index contributed by atoms with van der Waals surface area (Å²) in [5.41, 5.74) is 2.77. The molecule has 1 aliphatic rings. The lowest BCUT2D eigenvalue weighted by molar-refractivity contribution is 0.259. The van der Waals surface area contributed by atoms with Crippen molar-refractivity contribution in [2.24, 2.45) is 13.0 Å². The van der Waals surface area contributed by atoms with Crippen LogP contribution in [0.2, 0.25) is 0 Å². The fourth-order valence-corrected chi connectivity index (χ4v) is 4.45. The molecule has 0 aliphatic carbocycles. The van der Waals surface area contributed by atoms with Crippen LogP contribution < -0.4 is 0 Å². The van der Waals surface area contributed by atoms with E-state index in [-0.39, 0.29) is 0 Å². The molecule has 1 saturated heterocycles. The number of rotatable bonds is 5. The number of aryl methyl sites for hydroxylation is 2. The lowest BCUT2D eigenvalue weighted by Crippen LogP contribution is -2.44. The van der Waals surface area contributed by atoms with E-state index < -0.39 is 10.2 Å². The van der Waals surface area contributed by atoms with Gasteiger partial charge < -0.3 is 0 Å². The third-order valence-corrected chi connectivity index (χ3v) is 6.76. The van der Waals surface area contributed by atoms with E-state index in [1.807, 2.05) is 26.1 Å². The van der Waals surface area contributed by atoms with Crippen molar-refractivity contribution in [1.29, 1.82) is 0 Å². The highest BCUT2D eigenvalue weighted by molar-refractivity contribution is 7.86. The highest BCUT2D eigenvalue weighted by Gasteiger charge is 2.29. The van der Waals surface area contributed by atoms with Crippen LogP contribution >= 0.6 is 0 Å². The second kappa shape index (κ2) is 7.42. The molecule has 9 heteroatoms. The van der Waals surface area contributed by atoms with Crippen LogP contribution in [-0.2, 0) is 23.7 Å². The Bertz CT molecular complexity index is 869. The van der Waals surface area contributed by atoms with Crippen LogP contribution in [0, 0.1) is 12.8 Å². The Labute approximate surface area is 155 Å². The standard InChI is InChI=1S/C17H26N6O2S/c1-13-11-15(16-5-8-18-22(16)4)20-17(19-13)12-14-6-9-23(10-7-14)26(24,25)21(2)3/h5,8,11,14H,6-7,9-10,12H2,1-4H3. The van der Waals surface area contributed by atoms with Gasteiger partial charge in [0.2, 0.25) is 0 Å². The van der Waals surface area contributed by atoms with Gasteiger partial charge in [-0.2, -0.15) is 22.1 Å². The zero-order valence-electron chi connectivity index (χ0n) is 15.8. The average Bonchev–Trinajstić information content (AvgIpc) is 3.01. The fourth-order valence-electron chi connectivity index (χ4n) is 3.31. The summed E-state index contributed by atoms with van der Waals surface area (Å²) >= 11 is 0. The maximum atomic E-state index is 12.2. The molecule has 0 atom stereocenters. The number of piperidine rings is 1. The Morgan fingerprint density at radius 1 is 1.23 bits per heavy atom. The minimum atomic E-state index is -3.32. The van der Waals surface area contributed by atoms with Gasteiger partial charge >= 0.3 is 0 Å². The number of nitrogens with zero attached hydrogens (tertiary/aromatic N) is 6. The van der Waals surface area contributed by atoms with Gasteiger partial charge in [0.15, 0.2) is 0 Å². The van der Waals surface area contributed by atoms with Crippen molar-refractivity contribution in [3.63, 3.8) is 0 Å². The summed E-state index contributed by atoms with van der Waals surface area (Å²) in [6.07, 6.45) is 4.17. The zero-order chi connectivity index (χ0) is 18.9. The van der Waals surface area contributed by atoms with Crippen molar-refractivity contribution in [2.45, 2.75) is 26.2 Å². The lowest BCUT2D eigenvalue weighted by atomic mass is 9.94. The van der Waals surface area contributed by atoms with E-state index in [2.05, 4.69) is 10.1 Å². The largest absolute Gasteiger partial charge is 0.281 e. The third-order valence-electron chi connectivity index (χ3n) is 4.82. The number of aromatic nitrogens is 4. The predicted molar refractivity (Wildman–Crippen MR) is 99.6 cm³/mol. The van der Waals surface area contributed by atoms with Crippen molar-refractivity contribution < 1.29 is 8.42 Å². The number of hydrogen-bond donors (Lipinski definition) is 0. The summed E-state index contributed by atoms with van der Waals surface area (Å²) in [6, 6.07) is 3.91. The third kappa shape index (κ3) is 3.94. The second-order valence-corrected chi connectivity index (χ2v) is 9.13. The summed E-state index contributed by atoms with van der Waals surface area (Å²) in [7, 11) is 1.72. The van der Waals surface area contributed by atoms with E-state index in [1.54, 1.807) is 29.3 Å². The van der Waals surface area contributed by atoms with Crippen LogP contribution in [0.1, 0.15) is 24.4 Å². The van der Waals surface area contributed by atoms with Crippen molar-refractivity contribution in [2.75, 3.05) is 27.2 Å². The van der Waals surface area contributed by atoms with E-state index in [1.165, 1.54) is 4.31 Å². The summed E-state index contributed by atoms with van der Waals surface area (Å²) in [6.45, 7) is 3.06. The van der Waals surface area contributed by atoms with Gasteiger partial charge in [-0.15, -0.1) is 0 Å². The Hall–Kier alpha value is -1.84. The van der Waals surface area contributed by atoms with Gasteiger partial charge in [0, 0.05) is 52.5 Å². The molecule has 0 saturated carbocycles. The summed E-state index contributed by atoms with van der Waals surface area (Å²) in [5.74, 6) is 1.21. The first-order valence-electron chi connectivity index (χ1n) is 8.78. The second-order valence-electron chi connectivity index (χ2n) is 6.99. The molecule has 0 N–H and O–H groups in total. The molecule has 0 unspecified atom stereocenters. The SMILES string of the molecule is Cc1cc(-c2ccnn2C)nc(CC2CCN(S(=O)(=O)N(C)C)CC2)n1. The highest BCUT2D eigenvalue weighted by atomic mass is 32.2. The van der Waals surface area contributed by atoms with Gasteiger partial charge in [-0.25, -0.2) is 9.97 Å². The molecular weight excluding hydrogens is 352 g/mol. The van der Waals surface area contributed by atoms with E-state index >= 15 is 0 Å². The van der Waals surface area contributed by atoms with Crippen molar-refractivity contribution >= 4 is 10.2 Å². The molecule has 1 aliphatic heterocycles. The Morgan fingerprint density at radius 3 is 2.50 bits per heavy atom. The Kier molecular flexibility index (Phi) is 5.40. The molecule has 3 rings (SSSR count). The van der Waals surface area contributed by atoms with Gasteiger partial charge in [-0.3, -0.25) is 4.68 Å². The minimum Gasteiger partial charge on any atom is -0.266 e. The van der Waals surface area contributed by atoms with Crippen LogP contribution in [0.25, 0.3) is 11.4 Å². The van der Waals surface area contributed by atoms with E-state index in [0.717, 1.165) is 42.2 Å². The van der Waals surface area contributed by atoms with Gasteiger partial charge in [0.25, 0.3) is 10.2 Å². The molecule has 1 fully saturated rings. The quantitative estimate of drug-likeness (QED) is 0.782. The highest BCUT2D eigenvalue weighted by Crippen LogP contribution is 2.24. The van der Waals surface area contributed by atoms with Crippen LogP contribution in [0.4, 0.5) is 0 Å². The Balaban J connectivity index is 1.69. The Morgan fingerprint density at radius 2 is 1.92 bits per heavy atom. The molecule has 0 bridgehead atoms. The molecule has 142 valence electrons. The monoisotopic (exact) mass is 378 g/mol. The first-order valence-corrected chi connectivity index (χ1v) is 10.2. The molecule has 0 spiro atoms. The summed E-state index contributed by atoms with van der Waals surface area (Å²) in [5, 5.41) is 4.20. The topological polar surface area (TPSA) is 84.2 Å². The smallest absolute Gasteiger partial charge is 0.266 e. The summed E-state index contributed by atoms with van der Waals surface area (Å²) in [4.78, 5) is 9.30. The molecule has 8 nitrogen and oxygen atoms in total. The van der Waals surface area contributed by atoms with Crippen molar-refractivity contribution in [1.82, 2.24) is 28.4 Å². The maximum absolute atomic E-state index is 12.2. The molecule has 26 heavy (non-hydrogen) atoms. The van der Waals surface area contributed by atoms with Crippen molar-refractivity contribution in [3.05, 3.63) is 29.8 Å². The molecular formula is C17H26N6O2S. The zero-order valence-corrected chi connectivity index (χ0v) is 16.6. The van der Waals surface area contributed by atoms with Gasteiger partial charge in [0.1, 0.15) is 5.82 Å². The maximum Gasteiger partial charge on any atom is 0.281 e. The molecule has 2 aromatic heterocycles. The molecule has 0 radical (unpaired) electrons. The van der Waals surface area contributed by atoms with Crippen LogP contribution in [0.15, 0.2) is 18.3 Å².